The maximum atomic E-state index is 13.1. The van der Waals surface area contributed by atoms with Crippen LogP contribution in [-0.4, -0.2) is 151 Å². The number of aldehydes is 1. The fourth-order valence-corrected chi connectivity index (χ4v) is 7.96. The minimum absolute atomic E-state index is 0.0424. The highest BCUT2D eigenvalue weighted by Gasteiger charge is 2.53. The standard InChI is InChI=1S/C40H67NO15/c1-21(2)17-30(45)54-38-25(6)51-32(20-40(38,8)48)55-35-24(5)52-39(34(47)33(35)41(9)10)56-36-27(15-16-42)18-22(3)28(44)14-12-13-23(4)50-31(46)19-29(37(36)49-11)53-26(7)43/h12,14,16,21-25,27-29,32-39,44,47-48H,13,15,17-20H2,1-11H3/t22-,23-,24?,25?,27+,28+,29-,32?,33?,34?,35?,36+,37+,38?,39?,40?/m1/s1. The quantitative estimate of drug-likeness (QED) is 0.112. The predicted molar refractivity (Wildman–Crippen MR) is 201 cm³/mol. The third kappa shape index (κ3) is 13.2. The van der Waals surface area contributed by atoms with Crippen LogP contribution >= 0.6 is 0 Å². The minimum Gasteiger partial charge on any atom is -0.462 e. The van der Waals surface area contributed by atoms with Gasteiger partial charge in [-0.2, -0.15) is 0 Å². The van der Waals surface area contributed by atoms with E-state index in [1.165, 1.54) is 14.0 Å². The average Bonchev–Trinajstić information content (AvgIpc) is 3.06. The summed E-state index contributed by atoms with van der Waals surface area (Å²) in [5.41, 5.74) is -1.50. The van der Waals surface area contributed by atoms with E-state index in [0.717, 1.165) is 0 Å². The zero-order valence-corrected chi connectivity index (χ0v) is 34.9. The molecule has 0 spiro atoms. The Labute approximate surface area is 331 Å². The van der Waals surface area contributed by atoms with Gasteiger partial charge in [-0.25, -0.2) is 0 Å². The third-order valence-corrected chi connectivity index (χ3v) is 10.7. The Morgan fingerprint density at radius 2 is 1.71 bits per heavy atom. The number of nitrogens with zero attached hydrogens (tertiary/aromatic N) is 1. The first kappa shape index (κ1) is 47.8. The molecule has 3 aliphatic heterocycles. The highest BCUT2D eigenvalue weighted by Crippen LogP contribution is 2.38. The van der Waals surface area contributed by atoms with Crippen molar-refractivity contribution in [3.05, 3.63) is 12.2 Å². The number of hydrogen-bond acceptors (Lipinski definition) is 16. The van der Waals surface area contributed by atoms with Crippen LogP contribution in [0.3, 0.4) is 0 Å². The van der Waals surface area contributed by atoms with Gasteiger partial charge < -0.3 is 62.9 Å². The molecule has 0 aromatic heterocycles. The van der Waals surface area contributed by atoms with Crippen molar-refractivity contribution in [1.29, 1.82) is 0 Å². The molecule has 0 aliphatic carbocycles. The van der Waals surface area contributed by atoms with Crippen molar-refractivity contribution >= 4 is 24.2 Å². The summed E-state index contributed by atoms with van der Waals surface area (Å²) >= 11 is 0. The van der Waals surface area contributed by atoms with E-state index in [4.69, 9.17) is 37.9 Å². The van der Waals surface area contributed by atoms with Crippen molar-refractivity contribution in [2.75, 3.05) is 21.2 Å². The van der Waals surface area contributed by atoms with Crippen LogP contribution in [0.5, 0.6) is 0 Å². The van der Waals surface area contributed by atoms with Crippen molar-refractivity contribution in [2.24, 2.45) is 17.8 Å². The molecule has 0 aromatic carbocycles. The summed E-state index contributed by atoms with van der Waals surface area (Å²) in [7, 11) is 4.86. The molecule has 2 fully saturated rings. The number of ether oxygens (including phenoxy) is 8. The summed E-state index contributed by atoms with van der Waals surface area (Å²) in [5, 5.41) is 34.5. The van der Waals surface area contributed by atoms with Gasteiger partial charge in [0, 0.05) is 39.7 Å². The average molecular weight is 802 g/mol. The summed E-state index contributed by atoms with van der Waals surface area (Å²) in [6.07, 6.45) is -7.55. The molecule has 56 heavy (non-hydrogen) atoms. The number of rotatable bonds is 12. The summed E-state index contributed by atoms with van der Waals surface area (Å²) in [6, 6.07) is -0.773. The normalized spacial score (nSPS) is 40.4. The Hall–Kier alpha value is -2.54. The van der Waals surface area contributed by atoms with E-state index in [0.29, 0.717) is 12.7 Å². The van der Waals surface area contributed by atoms with Gasteiger partial charge in [-0.05, 0) is 66.0 Å². The molecule has 0 bridgehead atoms. The van der Waals surface area contributed by atoms with Crippen LogP contribution in [0.15, 0.2) is 12.2 Å². The number of cyclic esters (lactones) is 1. The lowest BCUT2D eigenvalue weighted by atomic mass is 9.82. The number of methoxy groups -OCH3 is 1. The second kappa shape index (κ2) is 21.5. The predicted octanol–water partition coefficient (Wildman–Crippen LogP) is 2.46. The van der Waals surface area contributed by atoms with Crippen LogP contribution in [0, 0.1) is 17.8 Å². The molecule has 16 atom stereocenters. The molecule has 0 amide bonds. The topological polar surface area (TPSA) is 206 Å². The van der Waals surface area contributed by atoms with Gasteiger partial charge >= 0.3 is 17.9 Å². The largest absolute Gasteiger partial charge is 0.462 e. The lowest BCUT2D eigenvalue weighted by molar-refractivity contribution is -0.344. The van der Waals surface area contributed by atoms with Crippen molar-refractivity contribution in [3.8, 4) is 0 Å². The molecule has 0 saturated carbocycles. The molecule has 0 aromatic rings. The summed E-state index contributed by atoms with van der Waals surface area (Å²) in [4.78, 5) is 52.0. The van der Waals surface area contributed by atoms with Gasteiger partial charge in [0.15, 0.2) is 18.7 Å². The van der Waals surface area contributed by atoms with Crippen LogP contribution < -0.4 is 0 Å². The number of carbonyl (C=O) groups is 4. The number of carbonyl (C=O) groups excluding carboxylic acids is 4. The van der Waals surface area contributed by atoms with Crippen LogP contribution in [0.25, 0.3) is 0 Å². The van der Waals surface area contributed by atoms with E-state index in [1.54, 1.807) is 58.8 Å². The first-order chi connectivity index (χ1) is 26.2. The van der Waals surface area contributed by atoms with Crippen molar-refractivity contribution < 1.29 is 72.4 Å². The van der Waals surface area contributed by atoms with Crippen molar-refractivity contribution in [1.82, 2.24) is 4.90 Å². The van der Waals surface area contributed by atoms with E-state index in [2.05, 4.69) is 0 Å². The maximum Gasteiger partial charge on any atom is 0.309 e. The molecule has 0 radical (unpaired) electrons. The van der Waals surface area contributed by atoms with Crippen molar-refractivity contribution in [3.63, 3.8) is 0 Å². The smallest absolute Gasteiger partial charge is 0.309 e. The number of aliphatic hydroxyl groups is 3. The second-order valence-electron chi connectivity index (χ2n) is 16.6. The van der Waals surface area contributed by atoms with Crippen molar-refractivity contribution in [2.45, 2.75) is 179 Å². The fraction of sp³-hybridized carbons (Fsp3) is 0.850. The molecule has 3 N–H and O–H groups in total. The first-order valence-electron chi connectivity index (χ1n) is 19.7. The molecule has 16 nitrogen and oxygen atoms in total. The van der Waals surface area contributed by atoms with Gasteiger partial charge in [-0.3, -0.25) is 14.4 Å². The van der Waals surface area contributed by atoms with Gasteiger partial charge in [-0.15, -0.1) is 0 Å². The monoisotopic (exact) mass is 801 g/mol. The van der Waals surface area contributed by atoms with Gasteiger partial charge in [0.05, 0.1) is 36.9 Å². The highest BCUT2D eigenvalue weighted by atomic mass is 16.7. The molecule has 322 valence electrons. The van der Waals surface area contributed by atoms with E-state index in [9.17, 15) is 34.5 Å². The maximum absolute atomic E-state index is 13.1. The zero-order chi connectivity index (χ0) is 42.1. The summed E-state index contributed by atoms with van der Waals surface area (Å²) in [6.45, 7) is 13.5. The molecule has 2 saturated heterocycles. The Morgan fingerprint density at radius 3 is 2.29 bits per heavy atom. The molecule has 9 unspecified atom stereocenters. The zero-order valence-electron chi connectivity index (χ0n) is 34.9. The molecule has 3 heterocycles. The highest BCUT2D eigenvalue weighted by molar-refractivity contribution is 5.72. The Morgan fingerprint density at radius 1 is 1.04 bits per heavy atom. The van der Waals surface area contributed by atoms with E-state index < -0.39 is 109 Å². The molecular formula is C40H67NO15. The number of hydrogen-bond donors (Lipinski definition) is 3. The van der Waals surface area contributed by atoms with Crippen LogP contribution in [0.2, 0.25) is 0 Å². The van der Waals surface area contributed by atoms with Crippen LogP contribution in [-0.2, 0) is 57.1 Å². The van der Waals surface area contributed by atoms with Gasteiger partial charge in [0.2, 0.25) is 0 Å². The Kier molecular flexibility index (Phi) is 18.3. The fourth-order valence-electron chi connectivity index (χ4n) is 7.96. The van der Waals surface area contributed by atoms with Gasteiger partial charge in [0.25, 0.3) is 0 Å². The first-order valence-corrected chi connectivity index (χ1v) is 19.7. The van der Waals surface area contributed by atoms with E-state index >= 15 is 0 Å². The second-order valence-corrected chi connectivity index (χ2v) is 16.6. The van der Waals surface area contributed by atoms with E-state index in [1.807, 2.05) is 20.8 Å². The summed E-state index contributed by atoms with van der Waals surface area (Å²) < 4.78 is 48.4. The molecular weight excluding hydrogens is 734 g/mol. The molecule has 3 rings (SSSR count). The Balaban J connectivity index is 1.95. The number of esters is 3. The van der Waals surface area contributed by atoms with Crippen LogP contribution in [0.4, 0.5) is 0 Å². The van der Waals surface area contributed by atoms with E-state index in [-0.39, 0.29) is 43.9 Å². The lowest BCUT2D eigenvalue weighted by Gasteiger charge is -2.50. The summed E-state index contributed by atoms with van der Waals surface area (Å²) in [5.74, 6) is -2.78. The minimum atomic E-state index is -1.50. The molecule has 3 aliphatic rings. The van der Waals surface area contributed by atoms with Gasteiger partial charge in [-0.1, -0.05) is 32.9 Å². The SMILES string of the molecule is CO[C@@H]1[C@@H](OC2OC(C)C(OC3CC(C)(O)C(OC(=O)CC(C)C)C(C)O3)C(N(C)C)C2O)[C@@H](CC=O)C[C@@H](C)[C@@H](O)C=CC[C@@H](C)OC(=O)C[C@H]1OC(C)=O. The molecule has 16 heteroatoms. The Bertz CT molecular complexity index is 1310. The lowest BCUT2D eigenvalue weighted by Crippen LogP contribution is -2.66. The number of likely N-dealkylation sites (N-methyl/N-ethyl adjacent to an activating group) is 1. The number of aliphatic hydroxyl groups excluding tert-OH is 2. The van der Waals surface area contributed by atoms with Crippen LogP contribution in [0.1, 0.15) is 93.9 Å². The van der Waals surface area contributed by atoms with Gasteiger partial charge in [0.1, 0.15) is 42.4 Å². The third-order valence-electron chi connectivity index (χ3n) is 10.7.